The van der Waals surface area contributed by atoms with Gasteiger partial charge in [-0.25, -0.2) is 13.6 Å². The summed E-state index contributed by atoms with van der Waals surface area (Å²) < 4.78 is 22.3. The molecule has 0 atom stereocenters. The molecule has 0 unspecified atom stereocenters. The molecule has 0 aliphatic heterocycles. The fourth-order valence-corrected chi connectivity index (χ4v) is 3.66. The number of rotatable bonds is 1. The van der Waals surface area contributed by atoms with Gasteiger partial charge < -0.3 is 0 Å². The summed E-state index contributed by atoms with van der Waals surface area (Å²) in [5.41, 5.74) is 0. The third-order valence-corrected chi connectivity index (χ3v) is 3.77. The van der Waals surface area contributed by atoms with Crippen LogP contribution in [0.1, 0.15) is 0 Å². The van der Waals surface area contributed by atoms with Gasteiger partial charge in [-0.1, -0.05) is 23.2 Å². The van der Waals surface area contributed by atoms with E-state index in [4.69, 9.17) is 28.3 Å². The Bertz CT molecular complexity index is 423. The Balaban J connectivity index is 3.57. The first-order valence-corrected chi connectivity index (χ1v) is 6.09. The van der Waals surface area contributed by atoms with Gasteiger partial charge >= 0.3 is 0 Å². The molecule has 3 nitrogen and oxygen atoms in total. The molecule has 0 heterocycles. The molecule has 72 valence electrons. The minimum absolute atomic E-state index is 0.00174. The highest BCUT2D eigenvalue weighted by atomic mass is 79.9. The van der Waals surface area contributed by atoms with E-state index in [-0.39, 0.29) is 14.4 Å². The number of hydrogen-bond acceptors (Lipinski definition) is 2. The lowest BCUT2D eigenvalue weighted by Crippen LogP contribution is -2.13. The topological polar surface area (TPSA) is 60.2 Å². The summed E-state index contributed by atoms with van der Waals surface area (Å²) >= 11 is 14.3. The van der Waals surface area contributed by atoms with E-state index in [1.165, 1.54) is 12.1 Å². The Hall–Kier alpha value is 0.190. The number of halogens is 3. The summed E-state index contributed by atoms with van der Waals surface area (Å²) in [7, 11) is -3.82. The van der Waals surface area contributed by atoms with Crippen LogP contribution in [0.15, 0.2) is 21.5 Å². The monoisotopic (exact) mass is 303 g/mol. The summed E-state index contributed by atoms with van der Waals surface area (Å²) in [6.07, 6.45) is 0. The van der Waals surface area contributed by atoms with Gasteiger partial charge in [0.1, 0.15) is 4.90 Å². The van der Waals surface area contributed by atoms with Crippen molar-refractivity contribution in [2.24, 2.45) is 5.14 Å². The summed E-state index contributed by atoms with van der Waals surface area (Å²) in [5.74, 6) is 0. The van der Waals surface area contributed by atoms with E-state index in [0.717, 1.165) is 0 Å². The van der Waals surface area contributed by atoms with Gasteiger partial charge in [0.25, 0.3) is 0 Å². The van der Waals surface area contributed by atoms with Gasteiger partial charge in [0.2, 0.25) is 10.0 Å². The van der Waals surface area contributed by atoms with Gasteiger partial charge in [-0.2, -0.15) is 0 Å². The van der Waals surface area contributed by atoms with Crippen molar-refractivity contribution in [3.8, 4) is 0 Å². The molecule has 1 aromatic carbocycles. The fourth-order valence-electron chi connectivity index (χ4n) is 0.801. The number of nitrogens with two attached hydrogens (primary N) is 1. The SMILES string of the molecule is NS(=O)(=O)c1c(Cl)cc(Cl)cc1Br. The molecule has 0 saturated carbocycles. The second-order valence-corrected chi connectivity index (χ2v) is 5.44. The van der Waals surface area contributed by atoms with Gasteiger partial charge in [0.05, 0.1) is 5.02 Å². The Kier molecular flexibility index (Phi) is 3.24. The summed E-state index contributed by atoms with van der Waals surface area (Å²) in [5, 5.41) is 5.26. The average molecular weight is 305 g/mol. The zero-order valence-corrected chi connectivity index (χ0v) is 10.0. The Morgan fingerprint density at radius 2 is 1.85 bits per heavy atom. The fraction of sp³-hybridized carbons (Fsp3) is 0. The summed E-state index contributed by atoms with van der Waals surface area (Å²) in [6, 6.07) is 2.72. The van der Waals surface area contributed by atoms with Crippen LogP contribution in [0.5, 0.6) is 0 Å². The molecular weight excluding hydrogens is 301 g/mol. The van der Waals surface area contributed by atoms with Gasteiger partial charge in [-0.3, -0.25) is 0 Å². The zero-order valence-electron chi connectivity index (χ0n) is 6.09. The number of hydrogen-bond donors (Lipinski definition) is 1. The molecule has 0 amide bonds. The predicted molar refractivity (Wildman–Crippen MR) is 55.5 cm³/mol. The molecule has 2 N–H and O–H groups in total. The van der Waals surface area contributed by atoms with Crippen molar-refractivity contribution in [1.29, 1.82) is 0 Å². The Morgan fingerprint density at radius 1 is 1.31 bits per heavy atom. The summed E-state index contributed by atoms with van der Waals surface area (Å²) in [4.78, 5) is -0.154. The van der Waals surface area contributed by atoms with Crippen molar-refractivity contribution in [2.45, 2.75) is 4.90 Å². The molecule has 0 aliphatic carbocycles. The zero-order chi connectivity index (χ0) is 10.2. The third kappa shape index (κ3) is 2.57. The van der Waals surface area contributed by atoms with E-state index in [9.17, 15) is 8.42 Å². The van der Waals surface area contributed by atoms with Crippen LogP contribution in [0.25, 0.3) is 0 Å². The Morgan fingerprint density at radius 3 is 2.23 bits per heavy atom. The van der Waals surface area contributed by atoms with Crippen LogP contribution in [-0.2, 0) is 10.0 Å². The van der Waals surface area contributed by atoms with E-state index in [0.29, 0.717) is 5.02 Å². The maximum atomic E-state index is 11.0. The van der Waals surface area contributed by atoms with E-state index in [1.807, 2.05) is 0 Å². The molecule has 0 radical (unpaired) electrons. The number of benzene rings is 1. The molecule has 0 aromatic heterocycles. The van der Waals surface area contributed by atoms with Crippen LogP contribution >= 0.6 is 39.1 Å². The normalized spacial score (nSPS) is 11.7. The third-order valence-electron chi connectivity index (χ3n) is 1.25. The average Bonchev–Trinajstić information content (AvgIpc) is 1.78. The van der Waals surface area contributed by atoms with Crippen LogP contribution in [0, 0.1) is 0 Å². The molecule has 13 heavy (non-hydrogen) atoms. The summed E-state index contributed by atoms with van der Waals surface area (Å²) in [6.45, 7) is 0. The number of primary sulfonamides is 1. The van der Waals surface area contributed by atoms with E-state index in [1.54, 1.807) is 0 Å². The van der Waals surface area contributed by atoms with Crippen molar-refractivity contribution in [3.63, 3.8) is 0 Å². The first-order chi connectivity index (χ1) is 5.82. The molecular formula is C6H4BrCl2NO2S. The molecule has 0 bridgehead atoms. The largest absolute Gasteiger partial charge is 0.240 e. The highest BCUT2D eigenvalue weighted by Gasteiger charge is 2.17. The maximum absolute atomic E-state index is 11.0. The second kappa shape index (κ2) is 3.74. The molecule has 0 spiro atoms. The Labute approximate surface area is 94.0 Å². The van der Waals surface area contributed by atoms with Crippen molar-refractivity contribution < 1.29 is 8.42 Å². The highest BCUT2D eigenvalue weighted by molar-refractivity contribution is 9.10. The van der Waals surface area contributed by atoms with Crippen LogP contribution in [0.3, 0.4) is 0 Å². The minimum atomic E-state index is -3.82. The molecule has 0 saturated heterocycles. The highest BCUT2D eigenvalue weighted by Crippen LogP contribution is 2.31. The van der Waals surface area contributed by atoms with E-state index in [2.05, 4.69) is 15.9 Å². The lowest BCUT2D eigenvalue weighted by atomic mass is 10.4. The molecule has 7 heteroatoms. The van der Waals surface area contributed by atoms with Crippen LogP contribution in [0.4, 0.5) is 0 Å². The maximum Gasteiger partial charge on any atom is 0.240 e. The van der Waals surface area contributed by atoms with Gasteiger partial charge in [0, 0.05) is 9.50 Å². The van der Waals surface area contributed by atoms with Crippen molar-refractivity contribution in [2.75, 3.05) is 0 Å². The van der Waals surface area contributed by atoms with Crippen molar-refractivity contribution >= 4 is 49.2 Å². The van der Waals surface area contributed by atoms with E-state index >= 15 is 0 Å². The molecule has 1 rings (SSSR count). The van der Waals surface area contributed by atoms with Gasteiger partial charge in [-0.15, -0.1) is 0 Å². The van der Waals surface area contributed by atoms with Gasteiger partial charge in [-0.05, 0) is 28.1 Å². The van der Waals surface area contributed by atoms with Crippen LogP contribution < -0.4 is 5.14 Å². The minimum Gasteiger partial charge on any atom is -0.225 e. The van der Waals surface area contributed by atoms with Crippen molar-refractivity contribution in [1.82, 2.24) is 0 Å². The number of sulfonamides is 1. The second-order valence-electron chi connectivity index (χ2n) is 2.24. The first kappa shape index (κ1) is 11.3. The molecule has 0 aliphatic rings. The van der Waals surface area contributed by atoms with Crippen molar-refractivity contribution in [3.05, 3.63) is 26.7 Å². The predicted octanol–water partition coefficient (Wildman–Crippen LogP) is 2.40. The lowest BCUT2D eigenvalue weighted by molar-refractivity contribution is 0.597. The van der Waals surface area contributed by atoms with Crippen LogP contribution in [0.2, 0.25) is 10.0 Å². The standard InChI is InChI=1S/C6H4BrCl2NO2S/c7-4-1-3(8)2-5(9)6(4)13(10,11)12/h1-2H,(H2,10,11,12). The van der Waals surface area contributed by atoms with Gasteiger partial charge in [0.15, 0.2) is 0 Å². The molecule has 1 aromatic rings. The van der Waals surface area contributed by atoms with E-state index < -0.39 is 10.0 Å². The lowest BCUT2D eigenvalue weighted by Gasteiger charge is -2.04. The quantitative estimate of drug-likeness (QED) is 0.866. The van der Waals surface area contributed by atoms with Crippen LogP contribution in [-0.4, -0.2) is 8.42 Å². The smallest absolute Gasteiger partial charge is 0.225 e. The first-order valence-electron chi connectivity index (χ1n) is 2.99. The molecule has 0 fully saturated rings.